The summed E-state index contributed by atoms with van der Waals surface area (Å²) < 4.78 is 2.03. The maximum absolute atomic E-state index is 12.7. The fraction of sp³-hybridized carbons (Fsp3) is 0.208. The zero-order valence-electron chi connectivity index (χ0n) is 16.5. The molecule has 1 fully saturated rings. The minimum atomic E-state index is -0.291. The fourth-order valence-electron chi connectivity index (χ4n) is 3.88. The Kier molecular flexibility index (Phi) is 4.77. The molecule has 2 aromatic heterocycles. The highest BCUT2D eigenvalue weighted by molar-refractivity contribution is 5.94. The number of imidazole rings is 1. The summed E-state index contributed by atoms with van der Waals surface area (Å²) in [6.45, 7) is 1.20. The van der Waals surface area contributed by atoms with Crippen molar-refractivity contribution < 1.29 is 9.90 Å². The SMILES string of the molecule is O=C(c1ccc(-c2ncc3cnc(-c4ccccc4)cn23)cc1)N1CCC(O)CC1. The number of amides is 1. The highest BCUT2D eigenvalue weighted by Crippen LogP contribution is 2.24. The Bertz CT molecular complexity index is 1180. The van der Waals surface area contributed by atoms with Crippen LogP contribution >= 0.6 is 0 Å². The van der Waals surface area contributed by atoms with Crippen molar-refractivity contribution in [2.75, 3.05) is 13.1 Å². The standard InChI is InChI=1S/C24H22N4O2/c29-21-10-12-27(13-11-21)24(30)19-8-6-18(7-9-19)23-26-15-20-14-25-22(16-28(20)23)17-4-2-1-3-5-17/h1-9,14-16,21,29H,10-13H2. The van der Waals surface area contributed by atoms with Gasteiger partial charge in [0.2, 0.25) is 0 Å². The zero-order chi connectivity index (χ0) is 20.5. The lowest BCUT2D eigenvalue weighted by atomic mass is 10.1. The largest absolute Gasteiger partial charge is 0.393 e. The molecular weight excluding hydrogens is 376 g/mol. The number of likely N-dealkylation sites (tertiary alicyclic amines) is 1. The van der Waals surface area contributed by atoms with Crippen molar-refractivity contribution in [1.29, 1.82) is 0 Å². The Morgan fingerprint density at radius 1 is 0.900 bits per heavy atom. The first-order valence-corrected chi connectivity index (χ1v) is 10.2. The molecule has 30 heavy (non-hydrogen) atoms. The Hall–Kier alpha value is -3.51. The van der Waals surface area contributed by atoms with Crippen LogP contribution in [0.2, 0.25) is 0 Å². The molecule has 1 saturated heterocycles. The number of hydrogen-bond donors (Lipinski definition) is 1. The van der Waals surface area contributed by atoms with Crippen LogP contribution in [0, 0.1) is 0 Å². The van der Waals surface area contributed by atoms with Crippen molar-refractivity contribution in [3.63, 3.8) is 0 Å². The number of hydrogen-bond acceptors (Lipinski definition) is 4. The van der Waals surface area contributed by atoms with E-state index in [1.807, 2.05) is 76.3 Å². The van der Waals surface area contributed by atoms with E-state index >= 15 is 0 Å². The average Bonchev–Trinajstić information content (AvgIpc) is 3.23. The van der Waals surface area contributed by atoms with E-state index in [1.165, 1.54) is 0 Å². The molecule has 0 unspecified atom stereocenters. The Morgan fingerprint density at radius 3 is 2.33 bits per heavy atom. The monoisotopic (exact) mass is 398 g/mol. The summed E-state index contributed by atoms with van der Waals surface area (Å²) in [4.78, 5) is 23.7. The van der Waals surface area contributed by atoms with Gasteiger partial charge in [-0.1, -0.05) is 42.5 Å². The number of rotatable bonds is 3. The zero-order valence-corrected chi connectivity index (χ0v) is 16.5. The van der Waals surface area contributed by atoms with Gasteiger partial charge in [-0.3, -0.25) is 14.2 Å². The predicted molar refractivity (Wildman–Crippen MR) is 115 cm³/mol. The van der Waals surface area contributed by atoms with Crippen LogP contribution in [0.25, 0.3) is 28.2 Å². The molecule has 6 heteroatoms. The van der Waals surface area contributed by atoms with Gasteiger partial charge in [-0.15, -0.1) is 0 Å². The third kappa shape index (κ3) is 3.46. The maximum atomic E-state index is 12.7. The molecule has 2 aromatic carbocycles. The molecule has 0 aliphatic carbocycles. The highest BCUT2D eigenvalue weighted by atomic mass is 16.3. The van der Waals surface area contributed by atoms with E-state index in [2.05, 4.69) is 9.97 Å². The second kappa shape index (κ2) is 7.72. The van der Waals surface area contributed by atoms with Crippen molar-refractivity contribution >= 4 is 11.4 Å². The summed E-state index contributed by atoms with van der Waals surface area (Å²) in [5.74, 6) is 0.821. The Labute approximate surface area is 174 Å². The summed E-state index contributed by atoms with van der Waals surface area (Å²) >= 11 is 0. The van der Waals surface area contributed by atoms with Crippen LogP contribution < -0.4 is 0 Å². The van der Waals surface area contributed by atoms with Gasteiger partial charge in [-0.2, -0.15) is 0 Å². The minimum absolute atomic E-state index is 0.0111. The molecular formula is C24H22N4O2. The van der Waals surface area contributed by atoms with Crippen LogP contribution in [0.5, 0.6) is 0 Å². The van der Waals surface area contributed by atoms with Gasteiger partial charge in [0.25, 0.3) is 5.91 Å². The lowest BCUT2D eigenvalue weighted by molar-refractivity contribution is 0.0546. The van der Waals surface area contributed by atoms with E-state index in [4.69, 9.17) is 0 Å². The molecule has 1 amide bonds. The van der Waals surface area contributed by atoms with Gasteiger partial charge in [0, 0.05) is 36.0 Å². The molecule has 0 bridgehead atoms. The van der Waals surface area contributed by atoms with Crippen LogP contribution in [-0.4, -0.2) is 49.5 Å². The van der Waals surface area contributed by atoms with E-state index in [1.54, 1.807) is 6.20 Å². The van der Waals surface area contributed by atoms with Gasteiger partial charge in [0.05, 0.1) is 29.7 Å². The van der Waals surface area contributed by atoms with E-state index in [9.17, 15) is 9.90 Å². The van der Waals surface area contributed by atoms with Crippen molar-refractivity contribution in [3.8, 4) is 22.6 Å². The van der Waals surface area contributed by atoms with E-state index in [0.29, 0.717) is 31.5 Å². The molecule has 0 spiro atoms. The predicted octanol–water partition coefficient (Wildman–Crippen LogP) is 3.66. The van der Waals surface area contributed by atoms with Crippen molar-refractivity contribution in [3.05, 3.63) is 78.8 Å². The number of aliphatic hydroxyl groups excluding tert-OH is 1. The second-order valence-electron chi connectivity index (χ2n) is 7.62. The summed E-state index contributed by atoms with van der Waals surface area (Å²) in [5.41, 5.74) is 4.43. The lowest BCUT2D eigenvalue weighted by Crippen LogP contribution is -2.40. The number of nitrogens with zero attached hydrogens (tertiary/aromatic N) is 4. The summed E-state index contributed by atoms with van der Waals surface area (Å²) in [5, 5.41) is 9.65. The first-order valence-electron chi connectivity index (χ1n) is 10.2. The molecule has 5 rings (SSSR count). The summed E-state index contributed by atoms with van der Waals surface area (Å²) in [7, 11) is 0. The average molecular weight is 398 g/mol. The number of fused-ring (bicyclic) bond motifs is 1. The molecule has 0 atom stereocenters. The minimum Gasteiger partial charge on any atom is -0.393 e. The van der Waals surface area contributed by atoms with Crippen molar-refractivity contribution in [1.82, 2.24) is 19.3 Å². The third-order valence-electron chi connectivity index (χ3n) is 5.62. The number of piperidine rings is 1. The molecule has 4 aromatic rings. The summed E-state index contributed by atoms with van der Waals surface area (Å²) in [6.07, 6.45) is 6.60. The molecule has 0 radical (unpaired) electrons. The molecule has 1 aliphatic heterocycles. The van der Waals surface area contributed by atoms with Crippen molar-refractivity contribution in [2.45, 2.75) is 18.9 Å². The van der Waals surface area contributed by atoms with Gasteiger partial charge < -0.3 is 10.0 Å². The van der Waals surface area contributed by atoms with E-state index in [0.717, 1.165) is 28.2 Å². The van der Waals surface area contributed by atoms with Crippen LogP contribution in [0.15, 0.2) is 73.2 Å². The quantitative estimate of drug-likeness (QED) is 0.572. The van der Waals surface area contributed by atoms with Gasteiger partial charge in [-0.05, 0) is 25.0 Å². The number of carbonyl (C=O) groups excluding carboxylic acids is 1. The third-order valence-corrected chi connectivity index (χ3v) is 5.62. The van der Waals surface area contributed by atoms with Gasteiger partial charge in [-0.25, -0.2) is 4.98 Å². The number of benzene rings is 2. The lowest BCUT2D eigenvalue weighted by Gasteiger charge is -2.29. The number of carbonyl (C=O) groups is 1. The molecule has 1 aliphatic rings. The second-order valence-corrected chi connectivity index (χ2v) is 7.62. The highest BCUT2D eigenvalue weighted by Gasteiger charge is 2.22. The van der Waals surface area contributed by atoms with Gasteiger partial charge in [0.15, 0.2) is 0 Å². The van der Waals surface area contributed by atoms with Crippen LogP contribution in [0.1, 0.15) is 23.2 Å². The van der Waals surface area contributed by atoms with E-state index < -0.39 is 0 Å². The van der Waals surface area contributed by atoms with Crippen molar-refractivity contribution in [2.24, 2.45) is 0 Å². The molecule has 1 N–H and O–H groups in total. The molecule has 3 heterocycles. The number of aliphatic hydroxyl groups is 1. The first kappa shape index (κ1) is 18.5. The topological polar surface area (TPSA) is 70.7 Å². The molecule has 150 valence electrons. The van der Waals surface area contributed by atoms with Crippen LogP contribution in [-0.2, 0) is 0 Å². The van der Waals surface area contributed by atoms with Crippen LogP contribution in [0.4, 0.5) is 0 Å². The smallest absolute Gasteiger partial charge is 0.253 e. The number of aromatic nitrogens is 3. The van der Waals surface area contributed by atoms with Gasteiger partial charge in [0.1, 0.15) is 5.82 Å². The summed E-state index contributed by atoms with van der Waals surface area (Å²) in [6, 6.07) is 17.6. The Balaban J connectivity index is 1.43. The maximum Gasteiger partial charge on any atom is 0.253 e. The molecule has 6 nitrogen and oxygen atoms in total. The first-order chi connectivity index (χ1) is 14.7. The van der Waals surface area contributed by atoms with E-state index in [-0.39, 0.29) is 12.0 Å². The Morgan fingerprint density at radius 2 is 1.60 bits per heavy atom. The van der Waals surface area contributed by atoms with Crippen LogP contribution in [0.3, 0.4) is 0 Å². The van der Waals surface area contributed by atoms with Gasteiger partial charge >= 0.3 is 0 Å². The molecule has 0 saturated carbocycles. The fourth-order valence-corrected chi connectivity index (χ4v) is 3.88. The normalized spacial score (nSPS) is 14.9.